The second kappa shape index (κ2) is 6.28. The molecule has 0 rings (SSSR count). The molecule has 0 aromatic heterocycles. The van der Waals surface area contributed by atoms with Crippen LogP contribution in [0.4, 0.5) is 4.79 Å². The molecule has 0 saturated carbocycles. The summed E-state index contributed by atoms with van der Waals surface area (Å²) in [5, 5.41) is 0. The summed E-state index contributed by atoms with van der Waals surface area (Å²) in [5.41, 5.74) is 4.91. The molecule has 0 spiro atoms. The van der Waals surface area contributed by atoms with Gasteiger partial charge in [-0.15, -0.1) is 0 Å². The van der Waals surface area contributed by atoms with Gasteiger partial charge >= 0.3 is 6.03 Å². The van der Waals surface area contributed by atoms with E-state index >= 15 is 0 Å². The number of rotatable bonds is 5. The van der Waals surface area contributed by atoms with Crippen molar-refractivity contribution in [2.24, 2.45) is 5.73 Å². The van der Waals surface area contributed by atoms with Gasteiger partial charge in [0, 0.05) is 18.3 Å². The lowest BCUT2D eigenvalue weighted by Crippen LogP contribution is -2.28. The zero-order valence-corrected chi connectivity index (χ0v) is 7.60. The number of unbranched alkanes of at least 4 members (excludes halogenated alkanes) is 3. The molecule has 0 saturated heterocycles. The number of carbonyl (C=O) groups excluding carboxylic acids is 1. The fourth-order valence-corrected chi connectivity index (χ4v) is 0.907. The largest absolute Gasteiger partial charge is 0.350 e. The second-order valence-electron chi connectivity index (χ2n) is 2.48. The van der Waals surface area contributed by atoms with Crippen molar-refractivity contribution in [3.63, 3.8) is 0 Å². The summed E-state index contributed by atoms with van der Waals surface area (Å²) in [5.74, 6) is 0. The van der Waals surface area contributed by atoms with Gasteiger partial charge in [0.25, 0.3) is 0 Å². The average Bonchev–Trinajstić information content (AvgIpc) is 1.97. The third-order valence-electron chi connectivity index (χ3n) is 1.45. The Morgan fingerprint density at radius 2 is 2.09 bits per heavy atom. The minimum Gasteiger partial charge on any atom is -0.350 e. The molecule has 2 amide bonds. The van der Waals surface area contributed by atoms with Crippen LogP contribution in [0.2, 0.25) is 0 Å². The predicted molar refractivity (Wildman–Crippen MR) is 46.3 cm³/mol. The molecule has 2 N–H and O–H groups in total. The van der Waals surface area contributed by atoms with Gasteiger partial charge in [-0.25, -0.2) is 9.21 Å². The Balaban J connectivity index is 3.17. The van der Waals surface area contributed by atoms with Crippen LogP contribution >= 0.6 is 11.8 Å². The molecule has 0 aromatic carbocycles. The molecule has 0 heterocycles. The Hall–Kier alpha value is -0.440. The van der Waals surface area contributed by atoms with Crippen molar-refractivity contribution >= 4 is 17.8 Å². The molecule has 0 bridgehead atoms. The number of carbonyl (C=O) groups is 1. The van der Waals surface area contributed by atoms with Crippen molar-refractivity contribution in [3.05, 3.63) is 0 Å². The first kappa shape index (κ1) is 10.6. The lowest BCUT2D eigenvalue weighted by molar-refractivity contribution is 0.232. The maximum atomic E-state index is 10.4. The van der Waals surface area contributed by atoms with Crippen LogP contribution in [0.15, 0.2) is 0 Å². The Bertz CT molecular complexity index is 119. The number of hydrogen-bond donors (Lipinski definition) is 1. The van der Waals surface area contributed by atoms with Crippen LogP contribution in [0.5, 0.6) is 0 Å². The standard InChI is InChI=1S/C7H15ClN2O/c1-2-3-4-5-6-10(8)7(9)11/h2-6H2,1H3,(H2,9,11). The molecule has 0 atom stereocenters. The molecule has 66 valence electrons. The summed E-state index contributed by atoms with van der Waals surface area (Å²) >= 11 is 5.45. The Kier molecular flexibility index (Phi) is 6.03. The summed E-state index contributed by atoms with van der Waals surface area (Å²) in [6.07, 6.45) is 4.40. The van der Waals surface area contributed by atoms with Crippen LogP contribution in [0.25, 0.3) is 0 Å². The van der Waals surface area contributed by atoms with Gasteiger partial charge in [-0.3, -0.25) is 0 Å². The molecule has 11 heavy (non-hydrogen) atoms. The summed E-state index contributed by atoms with van der Waals surface area (Å²) in [6.45, 7) is 2.68. The topological polar surface area (TPSA) is 46.3 Å². The summed E-state index contributed by atoms with van der Waals surface area (Å²) in [4.78, 5) is 10.4. The normalized spacial score (nSPS) is 9.64. The van der Waals surface area contributed by atoms with E-state index in [1.54, 1.807) is 0 Å². The lowest BCUT2D eigenvalue weighted by atomic mass is 10.2. The van der Waals surface area contributed by atoms with Crippen molar-refractivity contribution < 1.29 is 4.79 Å². The molecule has 4 heteroatoms. The highest BCUT2D eigenvalue weighted by molar-refractivity contribution is 6.20. The van der Waals surface area contributed by atoms with Crippen molar-refractivity contribution in [2.75, 3.05) is 6.54 Å². The van der Waals surface area contributed by atoms with E-state index in [1.807, 2.05) is 0 Å². The van der Waals surface area contributed by atoms with E-state index in [2.05, 4.69) is 6.92 Å². The van der Waals surface area contributed by atoms with Gasteiger partial charge in [0.05, 0.1) is 0 Å². The van der Waals surface area contributed by atoms with Gasteiger partial charge in [0.2, 0.25) is 0 Å². The first-order valence-electron chi connectivity index (χ1n) is 3.91. The van der Waals surface area contributed by atoms with E-state index < -0.39 is 6.03 Å². The van der Waals surface area contributed by atoms with Crippen molar-refractivity contribution in [1.29, 1.82) is 0 Å². The van der Waals surface area contributed by atoms with Gasteiger partial charge in [0.1, 0.15) is 0 Å². The number of hydrogen-bond acceptors (Lipinski definition) is 1. The third-order valence-corrected chi connectivity index (χ3v) is 1.78. The van der Waals surface area contributed by atoms with Crippen LogP contribution in [-0.4, -0.2) is 17.0 Å². The highest BCUT2D eigenvalue weighted by atomic mass is 35.5. The number of nitrogens with zero attached hydrogens (tertiary/aromatic N) is 1. The molecule has 0 aliphatic carbocycles. The van der Waals surface area contributed by atoms with E-state index in [9.17, 15) is 4.79 Å². The minimum absolute atomic E-state index is 0.552. The number of primary amides is 1. The fourth-order valence-electron chi connectivity index (χ4n) is 0.788. The molecule has 0 aromatic rings. The molecular weight excluding hydrogens is 164 g/mol. The molecule has 0 radical (unpaired) electrons. The zero-order valence-electron chi connectivity index (χ0n) is 6.85. The van der Waals surface area contributed by atoms with Crippen LogP contribution in [-0.2, 0) is 0 Å². The van der Waals surface area contributed by atoms with Crippen LogP contribution in [0, 0.1) is 0 Å². The number of urea groups is 1. The number of amides is 2. The Morgan fingerprint density at radius 3 is 2.55 bits per heavy atom. The lowest BCUT2D eigenvalue weighted by Gasteiger charge is -2.09. The van der Waals surface area contributed by atoms with Crippen molar-refractivity contribution in [2.45, 2.75) is 32.6 Å². The van der Waals surface area contributed by atoms with Gasteiger partial charge < -0.3 is 5.73 Å². The monoisotopic (exact) mass is 178 g/mol. The molecule has 0 aliphatic rings. The molecule has 3 nitrogen and oxygen atoms in total. The van der Waals surface area contributed by atoms with E-state index in [-0.39, 0.29) is 0 Å². The fraction of sp³-hybridized carbons (Fsp3) is 0.857. The second-order valence-corrected chi connectivity index (χ2v) is 2.89. The summed E-state index contributed by atoms with van der Waals surface area (Å²) < 4.78 is 1.02. The quantitative estimate of drug-likeness (QED) is 0.509. The first-order chi connectivity index (χ1) is 5.18. The summed E-state index contributed by atoms with van der Waals surface area (Å²) in [6, 6.07) is -0.567. The Labute approximate surface area is 72.6 Å². The van der Waals surface area contributed by atoms with Crippen LogP contribution in [0.3, 0.4) is 0 Å². The average molecular weight is 179 g/mol. The Morgan fingerprint density at radius 1 is 1.45 bits per heavy atom. The van der Waals surface area contributed by atoms with Crippen LogP contribution in [0.1, 0.15) is 32.6 Å². The van der Waals surface area contributed by atoms with E-state index in [1.165, 1.54) is 12.8 Å². The zero-order chi connectivity index (χ0) is 8.69. The van der Waals surface area contributed by atoms with E-state index in [0.717, 1.165) is 17.3 Å². The van der Waals surface area contributed by atoms with E-state index in [0.29, 0.717) is 6.54 Å². The SMILES string of the molecule is CCCCCCN(Cl)C(N)=O. The smallest absolute Gasteiger partial charge is 0.329 e. The predicted octanol–water partition coefficient (Wildman–Crippen LogP) is 2.10. The molecule has 0 fully saturated rings. The van der Waals surface area contributed by atoms with E-state index in [4.69, 9.17) is 17.5 Å². The van der Waals surface area contributed by atoms with Gasteiger partial charge in [-0.2, -0.15) is 0 Å². The van der Waals surface area contributed by atoms with Gasteiger partial charge in [0.15, 0.2) is 0 Å². The molecule has 0 aliphatic heterocycles. The van der Waals surface area contributed by atoms with Gasteiger partial charge in [-0.1, -0.05) is 26.2 Å². The third kappa shape index (κ3) is 5.98. The highest BCUT2D eigenvalue weighted by Crippen LogP contribution is 2.02. The minimum atomic E-state index is -0.567. The van der Waals surface area contributed by atoms with Crippen molar-refractivity contribution in [1.82, 2.24) is 4.42 Å². The maximum Gasteiger partial charge on any atom is 0.329 e. The van der Waals surface area contributed by atoms with Crippen LogP contribution < -0.4 is 5.73 Å². The van der Waals surface area contributed by atoms with Crippen molar-refractivity contribution in [3.8, 4) is 0 Å². The number of halogens is 1. The first-order valence-corrected chi connectivity index (χ1v) is 4.25. The van der Waals surface area contributed by atoms with Gasteiger partial charge in [-0.05, 0) is 6.42 Å². The molecule has 0 unspecified atom stereocenters. The highest BCUT2D eigenvalue weighted by Gasteiger charge is 2.03. The number of nitrogens with two attached hydrogens (primary N) is 1. The molecular formula is C7H15ClN2O. The maximum absolute atomic E-state index is 10.4. The summed E-state index contributed by atoms with van der Waals surface area (Å²) in [7, 11) is 0.